The largest absolute Gasteiger partial charge is 0.318 e. The van der Waals surface area contributed by atoms with Gasteiger partial charge in [-0.05, 0) is 35.4 Å². The van der Waals surface area contributed by atoms with Gasteiger partial charge in [-0.25, -0.2) is 4.85 Å². The summed E-state index contributed by atoms with van der Waals surface area (Å²) in [6, 6.07) is 62.4. The molecule has 0 aliphatic carbocycles. The maximum Gasteiger partial charge on any atom is 0.220 e. The lowest BCUT2D eigenvalue weighted by molar-refractivity contribution is 1.14. The summed E-state index contributed by atoms with van der Waals surface area (Å²) in [5.41, 5.74) is 11.0. The lowest BCUT2D eigenvalue weighted by Crippen LogP contribution is -2.09. The number of aromatic nitrogens is 4. The van der Waals surface area contributed by atoms with Crippen LogP contribution >= 0.6 is 22.7 Å². The quantitative estimate of drug-likeness (QED) is 0.131. The molecular weight excluding hydrogens is 869 g/mol. The van der Waals surface area contributed by atoms with Crippen molar-refractivity contribution in [3.63, 3.8) is 0 Å². The molecule has 5 heterocycles. The predicted octanol–water partition coefficient (Wildman–Crippen LogP) is 16.9. The van der Waals surface area contributed by atoms with Gasteiger partial charge in [-0.2, -0.15) is 5.26 Å². The number of fused-ring (bicyclic) bond motifs is 14. The van der Waals surface area contributed by atoms with Crippen molar-refractivity contribution in [2.45, 2.75) is 0 Å². The van der Waals surface area contributed by atoms with E-state index in [1.54, 1.807) is 35.1 Å². The standard InChI is InChI=1S/C60H30N6S2/c1-62-54-48(33-14-4-2-5-15-33)43(32-61)55(49(34-16-6-3-7-17-34)58(54)65-44-22-12-20-41-50(44)51-42(21-13-23-45(51)65)53-52(41)63-30-31-64-53)66-56-37(26-28-39-35-18-8-10-24-46(35)67-59(39)56)38-27-29-40-36-19-9-11-25-47(36)68-60(40)57(38)66/h2-31H. The van der Waals surface area contributed by atoms with Gasteiger partial charge in [0.25, 0.3) is 0 Å². The Bertz CT molecular complexity index is 4540. The monoisotopic (exact) mass is 898 g/mol. The van der Waals surface area contributed by atoms with Crippen molar-refractivity contribution >= 4 is 134 Å². The van der Waals surface area contributed by atoms with Gasteiger partial charge < -0.3 is 9.13 Å². The Balaban J connectivity index is 1.26. The molecule has 10 aromatic carbocycles. The molecular formula is C60H30N6S2. The molecule has 0 saturated heterocycles. The smallest absolute Gasteiger partial charge is 0.220 e. The Morgan fingerprint density at radius 3 is 1.44 bits per heavy atom. The summed E-state index contributed by atoms with van der Waals surface area (Å²) in [4.78, 5) is 14.4. The van der Waals surface area contributed by atoms with Gasteiger partial charge in [-0.3, -0.25) is 9.97 Å². The molecule has 0 atom stereocenters. The SMILES string of the molecule is [C-]#[N+]c1c(-c2ccccc2)c(C#N)c(-n2c3c(ccc4c5ccccc5sc43)c3ccc4c5ccccc5sc4c32)c(-c2ccccc2)c1-n1c2cccc3c4nccnc4c4cccc1c4c32. The minimum atomic E-state index is 0.401. The molecule has 5 aromatic heterocycles. The van der Waals surface area contributed by atoms with E-state index in [1.807, 2.05) is 36.4 Å². The van der Waals surface area contributed by atoms with E-state index in [1.165, 1.54) is 30.9 Å². The minimum Gasteiger partial charge on any atom is -0.318 e. The average molecular weight is 899 g/mol. The van der Waals surface area contributed by atoms with Gasteiger partial charge in [0.2, 0.25) is 5.69 Å². The molecule has 0 saturated carbocycles. The highest BCUT2D eigenvalue weighted by atomic mass is 32.1. The molecule has 0 spiro atoms. The summed E-state index contributed by atoms with van der Waals surface area (Å²) in [7, 11) is 0. The molecule has 6 nitrogen and oxygen atoms in total. The van der Waals surface area contributed by atoms with Gasteiger partial charge in [0.15, 0.2) is 0 Å². The molecule has 8 heteroatoms. The second-order valence-corrected chi connectivity index (χ2v) is 19.4. The number of benzene rings is 10. The number of nitrogens with zero attached hydrogens (tertiary/aromatic N) is 6. The number of hydrogen-bond acceptors (Lipinski definition) is 5. The molecule has 0 unspecified atom stereocenters. The topological polar surface area (TPSA) is 63.8 Å². The van der Waals surface area contributed by atoms with Crippen LogP contribution in [0.4, 0.5) is 5.69 Å². The molecule has 68 heavy (non-hydrogen) atoms. The van der Waals surface area contributed by atoms with Crippen molar-refractivity contribution in [1.82, 2.24) is 19.1 Å². The van der Waals surface area contributed by atoms with E-state index >= 15 is 0 Å². The van der Waals surface area contributed by atoms with Crippen LogP contribution in [0.15, 0.2) is 182 Å². The minimum absolute atomic E-state index is 0.401. The Labute approximate surface area is 395 Å². The Morgan fingerprint density at radius 2 is 0.926 bits per heavy atom. The Morgan fingerprint density at radius 1 is 0.456 bits per heavy atom. The molecule has 312 valence electrons. The third kappa shape index (κ3) is 4.77. The van der Waals surface area contributed by atoms with Crippen molar-refractivity contribution in [3.8, 4) is 39.7 Å². The van der Waals surface area contributed by atoms with Gasteiger partial charge in [-0.15, -0.1) is 22.7 Å². The Kier molecular flexibility index (Phi) is 7.58. The van der Waals surface area contributed by atoms with E-state index in [4.69, 9.17) is 9.97 Å². The summed E-state index contributed by atoms with van der Waals surface area (Å²) < 4.78 is 9.41. The van der Waals surface area contributed by atoms with Crippen LogP contribution in [0, 0.1) is 17.9 Å². The first-order valence-corrected chi connectivity index (χ1v) is 24.0. The van der Waals surface area contributed by atoms with Gasteiger partial charge in [0.05, 0.1) is 66.0 Å². The highest BCUT2D eigenvalue weighted by Crippen LogP contribution is 2.55. The first-order valence-electron chi connectivity index (χ1n) is 22.4. The summed E-state index contributed by atoms with van der Waals surface area (Å²) in [5, 5.41) is 23.2. The zero-order chi connectivity index (χ0) is 44.8. The fourth-order valence-corrected chi connectivity index (χ4v) is 13.9. The van der Waals surface area contributed by atoms with Crippen molar-refractivity contribution in [1.29, 1.82) is 5.26 Å². The van der Waals surface area contributed by atoms with Crippen LogP contribution in [-0.2, 0) is 0 Å². The molecule has 0 aliphatic heterocycles. The summed E-state index contributed by atoms with van der Waals surface area (Å²) in [5.74, 6) is 0. The fraction of sp³-hybridized carbons (Fsp3) is 0. The van der Waals surface area contributed by atoms with E-state index < -0.39 is 0 Å². The molecule has 15 aromatic rings. The number of hydrogen-bond donors (Lipinski definition) is 0. The van der Waals surface area contributed by atoms with Crippen LogP contribution in [0.1, 0.15) is 5.56 Å². The van der Waals surface area contributed by atoms with Gasteiger partial charge in [0, 0.05) is 86.8 Å². The van der Waals surface area contributed by atoms with Gasteiger partial charge in [0.1, 0.15) is 6.07 Å². The first-order chi connectivity index (χ1) is 33.7. The number of thiophene rings is 2. The van der Waals surface area contributed by atoms with Crippen molar-refractivity contribution < 1.29 is 0 Å². The highest BCUT2D eigenvalue weighted by Gasteiger charge is 2.33. The van der Waals surface area contributed by atoms with E-state index in [0.717, 1.165) is 97.2 Å². The van der Waals surface area contributed by atoms with Crippen LogP contribution in [0.3, 0.4) is 0 Å². The molecule has 15 rings (SSSR count). The lowest BCUT2D eigenvalue weighted by atomic mass is 9.88. The maximum absolute atomic E-state index is 12.1. The summed E-state index contributed by atoms with van der Waals surface area (Å²) >= 11 is 3.59. The first kappa shape index (κ1) is 37.3. The van der Waals surface area contributed by atoms with Gasteiger partial charge in [-0.1, -0.05) is 146 Å². The Hall–Kier alpha value is -8.92. The fourth-order valence-electron chi connectivity index (χ4n) is 11.4. The molecule has 0 amide bonds. The third-order valence-corrected chi connectivity index (χ3v) is 16.4. The van der Waals surface area contributed by atoms with Crippen LogP contribution in [0.5, 0.6) is 0 Å². The summed E-state index contributed by atoms with van der Waals surface area (Å²) in [6.07, 6.45) is 3.52. The van der Waals surface area contributed by atoms with Crippen LogP contribution in [0.2, 0.25) is 0 Å². The molecule has 0 bridgehead atoms. The molecule has 0 aliphatic rings. The third-order valence-electron chi connectivity index (χ3n) is 14.0. The van der Waals surface area contributed by atoms with Crippen LogP contribution in [0.25, 0.3) is 144 Å². The van der Waals surface area contributed by atoms with E-state index in [2.05, 4.69) is 154 Å². The lowest BCUT2D eigenvalue weighted by Gasteiger charge is -2.26. The second kappa shape index (κ2) is 13.8. The van der Waals surface area contributed by atoms with E-state index in [9.17, 15) is 11.8 Å². The molecule has 0 N–H and O–H groups in total. The highest BCUT2D eigenvalue weighted by molar-refractivity contribution is 7.27. The average Bonchev–Trinajstić information content (AvgIpc) is 4.16. The molecule has 0 radical (unpaired) electrons. The van der Waals surface area contributed by atoms with E-state index in [-0.39, 0.29) is 0 Å². The predicted molar refractivity (Wildman–Crippen MR) is 285 cm³/mol. The zero-order valence-corrected chi connectivity index (χ0v) is 37.5. The van der Waals surface area contributed by atoms with Crippen molar-refractivity contribution in [3.05, 3.63) is 199 Å². The van der Waals surface area contributed by atoms with Gasteiger partial charge >= 0.3 is 0 Å². The number of nitriles is 1. The van der Waals surface area contributed by atoms with E-state index in [0.29, 0.717) is 22.5 Å². The molecule has 0 fully saturated rings. The number of rotatable bonds is 4. The zero-order valence-electron chi connectivity index (χ0n) is 35.8. The van der Waals surface area contributed by atoms with Crippen molar-refractivity contribution in [2.24, 2.45) is 0 Å². The second-order valence-electron chi connectivity index (χ2n) is 17.3. The summed E-state index contributed by atoms with van der Waals surface area (Å²) in [6.45, 7) is 9.35. The van der Waals surface area contributed by atoms with Crippen LogP contribution < -0.4 is 0 Å². The normalized spacial score (nSPS) is 12.1. The van der Waals surface area contributed by atoms with Crippen LogP contribution in [-0.4, -0.2) is 19.1 Å². The van der Waals surface area contributed by atoms with Crippen molar-refractivity contribution in [2.75, 3.05) is 0 Å². The maximum atomic E-state index is 12.1.